The third kappa shape index (κ3) is 3.25. The molecule has 2 rings (SSSR count). The highest BCUT2D eigenvalue weighted by Crippen LogP contribution is 2.28. The highest BCUT2D eigenvalue weighted by atomic mass is 15.2. The third-order valence-corrected chi connectivity index (χ3v) is 3.09. The first-order valence-electron chi connectivity index (χ1n) is 6.77. The Morgan fingerprint density at radius 2 is 1.95 bits per heavy atom. The van der Waals surface area contributed by atoms with Gasteiger partial charge in [0.15, 0.2) is 5.82 Å². The molecule has 0 amide bonds. The summed E-state index contributed by atoms with van der Waals surface area (Å²) in [6.45, 7) is 5.13. The monoisotopic (exact) mass is 255 g/mol. The first-order valence-corrected chi connectivity index (χ1v) is 6.77. The van der Waals surface area contributed by atoms with Crippen LogP contribution in [0.25, 0.3) is 0 Å². The van der Waals surface area contributed by atoms with E-state index in [0.29, 0.717) is 0 Å². The molecule has 100 valence electrons. The fourth-order valence-corrected chi connectivity index (χ4v) is 2.09. The van der Waals surface area contributed by atoms with Crippen molar-refractivity contribution in [3.63, 3.8) is 0 Å². The molecule has 0 unspecified atom stereocenters. The number of benzene rings is 1. The van der Waals surface area contributed by atoms with Crippen molar-refractivity contribution in [3.05, 3.63) is 48.2 Å². The zero-order valence-corrected chi connectivity index (χ0v) is 11.6. The third-order valence-electron chi connectivity index (χ3n) is 3.09. The van der Waals surface area contributed by atoms with Crippen molar-refractivity contribution in [2.75, 3.05) is 17.2 Å². The minimum Gasteiger partial charge on any atom is -0.396 e. The summed E-state index contributed by atoms with van der Waals surface area (Å²) in [6.07, 6.45) is 4.13. The van der Waals surface area contributed by atoms with Crippen LogP contribution in [0.3, 0.4) is 0 Å². The Balaban J connectivity index is 2.37. The number of unbranched alkanes of at least 4 members (excludes halogenated alkanes) is 1. The highest BCUT2D eigenvalue weighted by Gasteiger charge is 2.13. The van der Waals surface area contributed by atoms with Gasteiger partial charge in [0.25, 0.3) is 0 Å². The molecular formula is C16H21N3. The number of nitrogen functional groups attached to an aromatic ring is 1. The fraction of sp³-hybridized carbons (Fsp3) is 0.312. The molecule has 0 saturated heterocycles. The molecule has 1 aromatic carbocycles. The van der Waals surface area contributed by atoms with Crippen LogP contribution in [0.1, 0.15) is 25.3 Å². The minimum absolute atomic E-state index is 0.736. The maximum absolute atomic E-state index is 6.13. The van der Waals surface area contributed by atoms with E-state index < -0.39 is 0 Å². The summed E-state index contributed by atoms with van der Waals surface area (Å²) in [7, 11) is 0. The van der Waals surface area contributed by atoms with Crippen LogP contribution in [0.4, 0.5) is 17.2 Å². The van der Waals surface area contributed by atoms with Crippen LogP contribution in [0.2, 0.25) is 0 Å². The van der Waals surface area contributed by atoms with E-state index in [9.17, 15) is 0 Å². The van der Waals surface area contributed by atoms with Crippen LogP contribution in [0, 0.1) is 6.92 Å². The Morgan fingerprint density at radius 3 is 2.58 bits per heavy atom. The number of para-hydroxylation sites is 1. The van der Waals surface area contributed by atoms with Gasteiger partial charge < -0.3 is 10.6 Å². The SMILES string of the molecule is CCCCN(c1ccccc1)c1ncc(C)cc1N. The molecule has 0 radical (unpaired) electrons. The van der Waals surface area contributed by atoms with E-state index in [-0.39, 0.29) is 0 Å². The number of hydrogen-bond acceptors (Lipinski definition) is 3. The number of aromatic nitrogens is 1. The minimum atomic E-state index is 0.736. The molecule has 0 aliphatic carbocycles. The van der Waals surface area contributed by atoms with Gasteiger partial charge in [-0.1, -0.05) is 31.5 Å². The Morgan fingerprint density at radius 1 is 1.21 bits per heavy atom. The standard InChI is InChI=1S/C16H21N3/c1-3-4-10-19(14-8-6-5-7-9-14)16-15(17)11-13(2)12-18-16/h5-9,11-12H,3-4,10,17H2,1-2H3. The smallest absolute Gasteiger partial charge is 0.156 e. The quantitative estimate of drug-likeness (QED) is 0.880. The topological polar surface area (TPSA) is 42.2 Å². The average molecular weight is 255 g/mol. The van der Waals surface area contributed by atoms with Crippen molar-refractivity contribution in [2.24, 2.45) is 0 Å². The van der Waals surface area contributed by atoms with Gasteiger partial charge in [0.05, 0.1) is 5.69 Å². The van der Waals surface area contributed by atoms with E-state index in [1.54, 1.807) is 0 Å². The number of anilines is 3. The van der Waals surface area contributed by atoms with Crippen LogP contribution in [-0.4, -0.2) is 11.5 Å². The summed E-state index contributed by atoms with van der Waals surface area (Å²) < 4.78 is 0. The van der Waals surface area contributed by atoms with E-state index in [1.807, 2.05) is 37.4 Å². The maximum atomic E-state index is 6.13. The first-order chi connectivity index (χ1) is 9.22. The highest BCUT2D eigenvalue weighted by molar-refractivity contribution is 5.71. The molecule has 2 N–H and O–H groups in total. The molecule has 3 nitrogen and oxygen atoms in total. The molecule has 0 aliphatic heterocycles. The second-order valence-electron chi connectivity index (χ2n) is 4.77. The number of hydrogen-bond donors (Lipinski definition) is 1. The molecule has 0 aliphatic rings. The fourth-order valence-electron chi connectivity index (χ4n) is 2.09. The summed E-state index contributed by atoms with van der Waals surface area (Å²) in [5.74, 6) is 0.852. The van der Waals surface area contributed by atoms with Crippen molar-refractivity contribution in [1.29, 1.82) is 0 Å². The van der Waals surface area contributed by atoms with Crippen LogP contribution in [-0.2, 0) is 0 Å². The number of pyridine rings is 1. The van der Waals surface area contributed by atoms with Gasteiger partial charge in [0, 0.05) is 18.4 Å². The van der Waals surface area contributed by atoms with Gasteiger partial charge in [-0.05, 0) is 37.1 Å². The largest absolute Gasteiger partial charge is 0.396 e. The maximum Gasteiger partial charge on any atom is 0.156 e. The normalized spacial score (nSPS) is 10.4. The molecule has 19 heavy (non-hydrogen) atoms. The zero-order valence-electron chi connectivity index (χ0n) is 11.6. The molecule has 0 saturated carbocycles. The lowest BCUT2D eigenvalue weighted by atomic mass is 10.2. The summed E-state index contributed by atoms with van der Waals surface area (Å²) >= 11 is 0. The summed E-state index contributed by atoms with van der Waals surface area (Å²) in [6, 6.07) is 12.3. The van der Waals surface area contributed by atoms with Gasteiger partial charge in [0.1, 0.15) is 0 Å². The van der Waals surface area contributed by atoms with Crippen molar-refractivity contribution in [3.8, 4) is 0 Å². The van der Waals surface area contributed by atoms with Crippen molar-refractivity contribution < 1.29 is 0 Å². The predicted molar refractivity (Wildman–Crippen MR) is 81.7 cm³/mol. The Labute approximate surface area is 115 Å². The van der Waals surface area contributed by atoms with E-state index >= 15 is 0 Å². The van der Waals surface area contributed by atoms with E-state index in [4.69, 9.17) is 5.73 Å². The lowest BCUT2D eigenvalue weighted by molar-refractivity contribution is 0.780. The van der Waals surface area contributed by atoms with Crippen LogP contribution < -0.4 is 10.6 Å². The molecule has 1 aromatic heterocycles. The molecule has 1 heterocycles. The van der Waals surface area contributed by atoms with E-state index in [1.165, 1.54) is 0 Å². The molecule has 3 heteroatoms. The number of nitrogens with two attached hydrogens (primary N) is 1. The summed E-state index contributed by atoms with van der Waals surface area (Å²) in [5, 5.41) is 0. The molecule has 0 fully saturated rings. The molecular weight excluding hydrogens is 234 g/mol. The van der Waals surface area contributed by atoms with Gasteiger partial charge in [-0.2, -0.15) is 0 Å². The van der Waals surface area contributed by atoms with Gasteiger partial charge in [-0.15, -0.1) is 0 Å². The first kappa shape index (κ1) is 13.4. The average Bonchev–Trinajstić information content (AvgIpc) is 2.42. The van der Waals surface area contributed by atoms with Gasteiger partial charge >= 0.3 is 0 Å². The number of nitrogens with zero attached hydrogens (tertiary/aromatic N) is 2. The van der Waals surface area contributed by atoms with E-state index in [0.717, 1.165) is 42.1 Å². The Kier molecular flexibility index (Phi) is 4.39. The Bertz CT molecular complexity index is 523. The van der Waals surface area contributed by atoms with E-state index in [2.05, 4.69) is 28.9 Å². The van der Waals surface area contributed by atoms with Crippen molar-refractivity contribution in [2.45, 2.75) is 26.7 Å². The number of rotatable bonds is 5. The van der Waals surface area contributed by atoms with Gasteiger partial charge in [-0.3, -0.25) is 0 Å². The zero-order chi connectivity index (χ0) is 13.7. The van der Waals surface area contributed by atoms with Crippen molar-refractivity contribution in [1.82, 2.24) is 4.98 Å². The molecule has 0 bridgehead atoms. The van der Waals surface area contributed by atoms with Gasteiger partial charge in [0.2, 0.25) is 0 Å². The lowest BCUT2D eigenvalue weighted by Gasteiger charge is -2.25. The molecule has 0 spiro atoms. The van der Waals surface area contributed by atoms with Crippen LogP contribution in [0.15, 0.2) is 42.6 Å². The number of aryl methyl sites for hydroxylation is 1. The second-order valence-corrected chi connectivity index (χ2v) is 4.77. The Hall–Kier alpha value is -2.03. The summed E-state index contributed by atoms with van der Waals surface area (Å²) in [5.41, 5.74) is 9.09. The molecule has 0 atom stereocenters. The van der Waals surface area contributed by atoms with Crippen molar-refractivity contribution >= 4 is 17.2 Å². The lowest BCUT2D eigenvalue weighted by Crippen LogP contribution is -2.20. The predicted octanol–water partition coefficient (Wildman–Crippen LogP) is 3.91. The van der Waals surface area contributed by atoms with Crippen LogP contribution >= 0.6 is 0 Å². The van der Waals surface area contributed by atoms with Gasteiger partial charge in [-0.25, -0.2) is 4.98 Å². The second kappa shape index (κ2) is 6.23. The summed E-state index contributed by atoms with van der Waals surface area (Å²) in [4.78, 5) is 6.70. The van der Waals surface area contributed by atoms with Crippen LogP contribution in [0.5, 0.6) is 0 Å². The molecule has 2 aromatic rings.